The van der Waals surface area contributed by atoms with Gasteiger partial charge in [-0.15, -0.1) is 10.2 Å². The van der Waals surface area contributed by atoms with Crippen molar-refractivity contribution in [3.63, 3.8) is 0 Å². The van der Waals surface area contributed by atoms with Crippen molar-refractivity contribution in [2.45, 2.75) is 29.8 Å². The lowest BCUT2D eigenvalue weighted by Gasteiger charge is -2.15. The normalized spacial score (nSPS) is 10.9. The van der Waals surface area contributed by atoms with Crippen LogP contribution < -0.4 is 5.32 Å². The van der Waals surface area contributed by atoms with Crippen molar-refractivity contribution >= 4 is 41.0 Å². The van der Waals surface area contributed by atoms with E-state index in [1.807, 2.05) is 0 Å². The molecule has 0 aliphatic carbocycles. The molecule has 0 atom stereocenters. The summed E-state index contributed by atoms with van der Waals surface area (Å²) in [6.45, 7) is 2.89. The summed E-state index contributed by atoms with van der Waals surface area (Å²) in [5, 5.41) is 29.1. The minimum Gasteiger partial charge on any atom is -0.361 e. The highest BCUT2D eigenvalue weighted by molar-refractivity contribution is 7.99. The maximum Gasteiger partial charge on any atom is 0.283 e. The minimum atomic E-state index is -0.420. The van der Waals surface area contributed by atoms with E-state index in [2.05, 4.69) is 27.5 Å². The molecule has 0 radical (unpaired) electrons. The van der Waals surface area contributed by atoms with Crippen molar-refractivity contribution < 1.29 is 4.92 Å². The number of rotatable bonds is 8. The predicted octanol–water partition coefficient (Wildman–Crippen LogP) is 2.81. The van der Waals surface area contributed by atoms with E-state index in [9.17, 15) is 10.1 Å². The van der Waals surface area contributed by atoms with Crippen molar-refractivity contribution in [2.24, 2.45) is 12.1 Å². The third-order valence-electron chi connectivity index (χ3n) is 3.53. The standard InChI is InChI=1S/C16H21N7O2S2/c1-4-5-8-17-15(26)22(3)19-10-12-6-7-14(13(9-12)23(24)25)27-16-20-18-11-21(16)2/h6-7,9-11H,4-5,8H2,1-3H3,(H,17,26)/b19-10-. The summed E-state index contributed by atoms with van der Waals surface area (Å²) in [6.07, 6.45) is 5.18. The van der Waals surface area contributed by atoms with Crippen molar-refractivity contribution in [1.82, 2.24) is 25.1 Å². The van der Waals surface area contributed by atoms with Gasteiger partial charge in [0.2, 0.25) is 0 Å². The maximum atomic E-state index is 11.4. The van der Waals surface area contributed by atoms with Crippen LogP contribution in [0.1, 0.15) is 25.3 Å². The number of aromatic nitrogens is 3. The molecule has 2 aromatic rings. The van der Waals surface area contributed by atoms with E-state index < -0.39 is 4.92 Å². The van der Waals surface area contributed by atoms with Crippen LogP contribution in [0.25, 0.3) is 0 Å². The molecule has 0 unspecified atom stereocenters. The summed E-state index contributed by atoms with van der Waals surface area (Å²) in [4.78, 5) is 11.5. The molecule has 27 heavy (non-hydrogen) atoms. The average molecular weight is 408 g/mol. The molecule has 2 rings (SSSR count). The van der Waals surface area contributed by atoms with Crippen molar-refractivity contribution in [3.05, 3.63) is 40.2 Å². The third-order valence-corrected chi connectivity index (χ3v) is 5.06. The Bertz CT molecular complexity index is 838. The first-order chi connectivity index (χ1) is 12.9. The highest BCUT2D eigenvalue weighted by Gasteiger charge is 2.17. The third kappa shape index (κ3) is 6.00. The number of nitrogens with zero attached hydrogens (tertiary/aromatic N) is 6. The molecule has 9 nitrogen and oxygen atoms in total. The quantitative estimate of drug-likeness (QED) is 0.234. The van der Waals surface area contributed by atoms with Gasteiger partial charge < -0.3 is 9.88 Å². The summed E-state index contributed by atoms with van der Waals surface area (Å²) in [5.41, 5.74) is 0.588. The number of thiocarbonyl (C=S) groups is 1. The van der Waals surface area contributed by atoms with E-state index in [0.29, 0.717) is 20.7 Å². The summed E-state index contributed by atoms with van der Waals surface area (Å²) in [6, 6.07) is 4.91. The van der Waals surface area contributed by atoms with Crippen molar-refractivity contribution in [2.75, 3.05) is 13.6 Å². The monoisotopic (exact) mass is 407 g/mol. The smallest absolute Gasteiger partial charge is 0.283 e. The van der Waals surface area contributed by atoms with Gasteiger partial charge >= 0.3 is 0 Å². The van der Waals surface area contributed by atoms with Crippen LogP contribution in [0.3, 0.4) is 0 Å². The fourth-order valence-electron chi connectivity index (χ4n) is 2.00. The molecule has 144 valence electrons. The van der Waals surface area contributed by atoms with E-state index in [4.69, 9.17) is 12.2 Å². The van der Waals surface area contributed by atoms with E-state index in [1.54, 1.807) is 37.1 Å². The number of nitro benzene ring substituents is 1. The van der Waals surface area contributed by atoms with E-state index >= 15 is 0 Å². The first-order valence-electron chi connectivity index (χ1n) is 8.28. The molecular weight excluding hydrogens is 386 g/mol. The van der Waals surface area contributed by atoms with E-state index in [1.165, 1.54) is 29.1 Å². The highest BCUT2D eigenvalue weighted by Crippen LogP contribution is 2.33. The van der Waals surface area contributed by atoms with Gasteiger partial charge in [-0.2, -0.15) is 5.10 Å². The molecule has 1 N–H and O–H groups in total. The zero-order valence-corrected chi connectivity index (χ0v) is 17.0. The molecule has 0 spiro atoms. The van der Waals surface area contributed by atoms with Crippen LogP contribution >= 0.6 is 24.0 Å². The number of aryl methyl sites for hydroxylation is 1. The highest BCUT2D eigenvalue weighted by atomic mass is 32.2. The number of hydrogen-bond acceptors (Lipinski definition) is 7. The predicted molar refractivity (Wildman–Crippen MR) is 109 cm³/mol. The second-order valence-corrected chi connectivity index (χ2v) is 7.06. The molecule has 0 aliphatic heterocycles. The summed E-state index contributed by atoms with van der Waals surface area (Å²) in [5.74, 6) is 0. The first-order valence-corrected chi connectivity index (χ1v) is 9.50. The zero-order valence-electron chi connectivity index (χ0n) is 15.3. The van der Waals surface area contributed by atoms with Crippen LogP contribution in [0.5, 0.6) is 0 Å². The Morgan fingerprint density at radius 2 is 2.33 bits per heavy atom. The maximum absolute atomic E-state index is 11.4. The van der Waals surface area contributed by atoms with Gasteiger partial charge in [0.05, 0.1) is 16.0 Å². The molecule has 0 aliphatic rings. The van der Waals surface area contributed by atoms with Gasteiger partial charge in [-0.25, -0.2) is 5.01 Å². The van der Waals surface area contributed by atoms with Crippen molar-refractivity contribution in [1.29, 1.82) is 0 Å². The summed E-state index contributed by atoms with van der Waals surface area (Å²) in [7, 11) is 3.51. The van der Waals surface area contributed by atoms with Gasteiger partial charge in [0.25, 0.3) is 5.69 Å². The second kappa shape index (κ2) is 9.97. The molecule has 0 amide bonds. The van der Waals surface area contributed by atoms with Crippen LogP contribution in [0.15, 0.2) is 39.7 Å². The lowest BCUT2D eigenvalue weighted by molar-refractivity contribution is -0.387. The molecule has 1 aromatic carbocycles. The Morgan fingerprint density at radius 3 is 2.96 bits per heavy atom. The molecule has 1 aromatic heterocycles. The Hall–Kier alpha value is -2.53. The number of nitro groups is 1. The fourth-order valence-corrected chi connectivity index (χ4v) is 3.00. The molecule has 0 bridgehead atoms. The molecule has 1 heterocycles. The van der Waals surface area contributed by atoms with Crippen LogP contribution in [0.4, 0.5) is 5.69 Å². The van der Waals surface area contributed by atoms with Gasteiger partial charge in [-0.3, -0.25) is 10.1 Å². The first kappa shape index (κ1) is 20.8. The molecule has 11 heteroatoms. The molecule has 0 fully saturated rings. The molecular formula is C16H21N7O2S2. The van der Waals surface area contributed by atoms with Gasteiger partial charge in [0.15, 0.2) is 10.3 Å². The minimum absolute atomic E-state index is 0.0155. The van der Waals surface area contributed by atoms with E-state index in [-0.39, 0.29) is 5.69 Å². The lowest BCUT2D eigenvalue weighted by Crippen LogP contribution is -2.34. The van der Waals surface area contributed by atoms with Gasteiger partial charge in [0.1, 0.15) is 6.33 Å². The molecule has 0 saturated heterocycles. The van der Waals surface area contributed by atoms with Gasteiger partial charge in [-0.1, -0.05) is 19.4 Å². The topological polar surface area (TPSA) is 101 Å². The number of nitrogens with one attached hydrogen (secondary N) is 1. The number of unbranched alkanes of at least 4 members (excludes halogenated alkanes) is 1. The van der Waals surface area contributed by atoms with Crippen LogP contribution in [-0.4, -0.2) is 49.6 Å². The van der Waals surface area contributed by atoms with Gasteiger partial charge in [-0.05, 0) is 36.5 Å². The van der Waals surface area contributed by atoms with Crippen molar-refractivity contribution in [3.8, 4) is 0 Å². The number of hydrazone groups is 1. The average Bonchev–Trinajstić information content (AvgIpc) is 3.05. The van der Waals surface area contributed by atoms with Crippen LogP contribution in [-0.2, 0) is 7.05 Å². The number of benzene rings is 1. The zero-order chi connectivity index (χ0) is 19.8. The van der Waals surface area contributed by atoms with Crippen LogP contribution in [0, 0.1) is 10.1 Å². The Labute approximate surface area is 167 Å². The largest absolute Gasteiger partial charge is 0.361 e. The fraction of sp³-hybridized carbons (Fsp3) is 0.375. The Kier molecular flexibility index (Phi) is 7.67. The number of hydrogen-bond donors (Lipinski definition) is 1. The SMILES string of the molecule is CCCCNC(=S)N(C)/N=C\c1ccc(Sc2nncn2C)c([N+](=O)[O-])c1. The Balaban J connectivity index is 2.12. The Morgan fingerprint density at radius 1 is 1.56 bits per heavy atom. The van der Waals surface area contributed by atoms with E-state index in [0.717, 1.165) is 19.4 Å². The second-order valence-electron chi connectivity index (χ2n) is 5.66. The van der Waals surface area contributed by atoms with Gasteiger partial charge in [0, 0.05) is 32.3 Å². The van der Waals surface area contributed by atoms with Crippen LogP contribution in [0.2, 0.25) is 0 Å². The lowest BCUT2D eigenvalue weighted by atomic mass is 10.2. The summed E-state index contributed by atoms with van der Waals surface area (Å²) >= 11 is 6.43. The summed E-state index contributed by atoms with van der Waals surface area (Å²) < 4.78 is 1.70. The molecule has 0 saturated carbocycles.